The first-order valence-corrected chi connectivity index (χ1v) is 6.31. The van der Waals surface area contributed by atoms with Gasteiger partial charge in [-0.1, -0.05) is 0 Å². The number of rotatable bonds is 0. The van der Waals surface area contributed by atoms with Crippen molar-refractivity contribution in [3.63, 3.8) is 0 Å². The first-order chi connectivity index (χ1) is 3.24. The predicted molar refractivity (Wildman–Crippen MR) is 4.12 cm³/mol. The van der Waals surface area contributed by atoms with Crippen LogP contribution in [0.2, 0.25) is 0 Å². The molecule has 0 N–H and O–H groups in total. The van der Waals surface area contributed by atoms with Gasteiger partial charge >= 0.3 is 69.3 Å². The Bertz CT molecular complexity index is 292. The van der Waals surface area contributed by atoms with Crippen molar-refractivity contribution >= 4 is 0 Å². The molecular weight excluding hydrogens is 354 g/mol. The molecule has 0 rings (SSSR count). The molecule has 0 aromatic heterocycles. The van der Waals surface area contributed by atoms with Crippen molar-refractivity contribution < 1.29 is 69.3 Å². The molecule has 8 heavy (non-hydrogen) atoms. The summed E-state index contributed by atoms with van der Waals surface area (Å²) in [4.78, 5) is 0. The molecule has 0 aliphatic rings. The van der Waals surface area contributed by atoms with Crippen molar-refractivity contribution in [2.75, 3.05) is 0 Å². The van der Waals surface area contributed by atoms with Gasteiger partial charge < -0.3 is 0 Å². The van der Waals surface area contributed by atoms with E-state index in [1.165, 1.54) is 0 Å². The van der Waals surface area contributed by atoms with Crippen LogP contribution >= 0.6 is 0 Å². The molecule has 0 fully saturated rings. The summed E-state index contributed by atoms with van der Waals surface area (Å²) in [6.45, 7) is 0. The van der Waals surface area contributed by atoms with E-state index < -0.39 is 15.7 Å². The molecule has 8 heteroatoms. The summed E-state index contributed by atoms with van der Waals surface area (Å²) in [6, 6.07) is 0. The molecule has 0 bridgehead atoms. The van der Waals surface area contributed by atoms with Crippen molar-refractivity contribution in [2.24, 2.45) is 0 Å². The van der Waals surface area contributed by atoms with E-state index in [9.17, 15) is 0 Å². The Balaban J connectivity index is 0. The van der Waals surface area contributed by atoms with E-state index in [2.05, 4.69) is 0 Å². The van der Waals surface area contributed by atoms with Crippen LogP contribution < -0.4 is 0 Å². The van der Waals surface area contributed by atoms with Crippen LogP contribution in [0.3, 0.4) is 0 Å². The fourth-order valence-electron chi connectivity index (χ4n) is 0. The van der Waals surface area contributed by atoms with Crippen LogP contribution in [0, 0.1) is 35.9 Å². The van der Waals surface area contributed by atoms with Crippen LogP contribution in [0.4, 0.5) is 0 Å². The Morgan fingerprint density at radius 1 is 0.750 bits per heavy atom. The van der Waals surface area contributed by atoms with Crippen LogP contribution in [0.25, 0.3) is 0 Å². The first kappa shape index (κ1) is 11.6. The van der Waals surface area contributed by atoms with Gasteiger partial charge in [0.15, 0.2) is 0 Å². The van der Waals surface area contributed by atoms with Crippen molar-refractivity contribution in [2.45, 2.75) is 0 Å². The minimum absolute atomic E-state index is 1.03. The summed E-state index contributed by atoms with van der Waals surface area (Å²) in [6.07, 6.45) is 0. The van der Waals surface area contributed by atoms with E-state index in [-0.39, 0.29) is 0 Å². The molecule has 0 unspecified atom stereocenters. The molecular formula is HoNbO6. The molecule has 0 aromatic carbocycles. The Morgan fingerprint density at radius 3 is 0.750 bits per heavy atom. The molecule has 0 aliphatic carbocycles. The van der Waals surface area contributed by atoms with E-state index >= 15 is 0 Å². The zero-order valence-electron chi connectivity index (χ0n) is 3.20. The van der Waals surface area contributed by atoms with Crippen molar-refractivity contribution in [1.82, 2.24) is 0 Å². The standard InChI is InChI=1S/Ho.Nb.6O. The molecule has 0 spiro atoms. The number of hydrogen-bond acceptors (Lipinski definition) is 6. The Kier molecular flexibility index (Phi) is 4.48. The van der Waals surface area contributed by atoms with Gasteiger partial charge in [-0.25, -0.2) is 0 Å². The summed E-state index contributed by atoms with van der Waals surface area (Å²) >= 11 is -6.91. The number of hydrogen-bond donors (Lipinski definition) is 0. The molecule has 0 saturated carbocycles. The van der Waals surface area contributed by atoms with Crippen molar-refractivity contribution in [1.29, 1.82) is 0 Å². The quantitative estimate of drug-likeness (QED) is 0.533. The van der Waals surface area contributed by atoms with Gasteiger partial charge in [-0.05, 0) is 0 Å². The van der Waals surface area contributed by atoms with E-state index in [4.69, 9.17) is 17.7 Å². The molecule has 0 saturated heterocycles. The summed E-state index contributed by atoms with van der Waals surface area (Å²) in [7, 11) is 0. The van der Waals surface area contributed by atoms with Gasteiger partial charge in [0, 0.05) is 0 Å². The average Bonchev–Trinajstić information content (AvgIpc) is 1.33. The third-order valence-corrected chi connectivity index (χ3v) is 0. The zero-order valence-corrected chi connectivity index (χ0v) is 7.33. The van der Waals surface area contributed by atoms with E-state index in [0.29, 0.717) is 0 Å². The second kappa shape index (κ2) is 3.09. The van der Waals surface area contributed by atoms with E-state index in [0.717, 1.165) is 35.9 Å². The van der Waals surface area contributed by atoms with Crippen molar-refractivity contribution in [3.05, 3.63) is 0 Å². The molecule has 6 nitrogen and oxygen atoms in total. The maximum absolute atomic E-state index is 8.66. The van der Waals surface area contributed by atoms with Gasteiger partial charge in [0.05, 0.1) is 0 Å². The Hall–Kier alpha value is 0.800. The Morgan fingerprint density at radius 2 is 0.750 bits per heavy atom. The summed E-state index contributed by atoms with van der Waals surface area (Å²) in [5.74, 6) is 0. The third-order valence-electron chi connectivity index (χ3n) is 0. The Labute approximate surface area is 68.3 Å². The molecule has 52 valence electrons. The molecule has 0 aliphatic heterocycles. The van der Waals surface area contributed by atoms with E-state index in [1.807, 2.05) is 0 Å². The fraction of sp³-hybridized carbons (Fsp3) is 0. The fourth-order valence-corrected chi connectivity index (χ4v) is 0. The summed E-state index contributed by atoms with van der Waals surface area (Å²) in [5.41, 5.74) is 0. The van der Waals surface area contributed by atoms with Gasteiger partial charge in [-0.3, -0.25) is 0 Å². The monoisotopic (exact) mass is 354 g/mol. The molecule has 0 atom stereocenters. The molecule has 0 amide bonds. The topological polar surface area (TPSA) is 102 Å². The van der Waals surface area contributed by atoms with Crippen LogP contribution in [0.1, 0.15) is 0 Å². The van der Waals surface area contributed by atoms with Gasteiger partial charge in [-0.2, -0.15) is 0 Å². The SMILES string of the molecule is [O]=[Ho].[O]=[Nb](=[O])(=[O])(=[O])=[O]. The van der Waals surface area contributed by atoms with Crippen LogP contribution in [0.15, 0.2) is 0 Å². The van der Waals surface area contributed by atoms with E-state index in [1.54, 1.807) is 0 Å². The predicted octanol–water partition coefficient (Wildman–Crippen LogP) is -0.715. The zero-order chi connectivity index (χ0) is 7.45. The second-order valence-corrected chi connectivity index (χ2v) is 4.41. The van der Waals surface area contributed by atoms with Gasteiger partial charge in [0.25, 0.3) is 0 Å². The van der Waals surface area contributed by atoms with Crippen LogP contribution in [-0.4, -0.2) is 0 Å². The summed E-state index contributed by atoms with van der Waals surface area (Å²) in [5, 5.41) is 0. The normalized spacial score (nSPS) is 8.25. The second-order valence-electron chi connectivity index (χ2n) is 0.745. The first-order valence-electron chi connectivity index (χ1n) is 1.04. The molecule has 0 heterocycles. The maximum atomic E-state index is 8.66. The average molecular weight is 354 g/mol. The van der Waals surface area contributed by atoms with Crippen molar-refractivity contribution in [3.8, 4) is 0 Å². The van der Waals surface area contributed by atoms with Gasteiger partial charge in [-0.15, -0.1) is 0 Å². The molecule has 0 radical (unpaired) electrons. The van der Waals surface area contributed by atoms with Gasteiger partial charge in [0.1, 0.15) is 0 Å². The summed E-state index contributed by atoms with van der Waals surface area (Å²) < 4.78 is 51.5. The van der Waals surface area contributed by atoms with Crippen LogP contribution in [0.5, 0.6) is 0 Å². The van der Waals surface area contributed by atoms with Gasteiger partial charge in [0.2, 0.25) is 0 Å². The van der Waals surface area contributed by atoms with Crippen LogP contribution in [-0.2, 0) is 33.4 Å². The third kappa shape index (κ3) is 357. The molecule has 0 aromatic rings. The minimum atomic E-state index is -7.94.